The van der Waals surface area contributed by atoms with Crippen LogP contribution in [-0.4, -0.2) is 53.7 Å². The number of anilines is 2. The first-order valence-corrected chi connectivity index (χ1v) is 11.0. The van der Waals surface area contributed by atoms with Gasteiger partial charge in [0.2, 0.25) is 0 Å². The fraction of sp³-hybridized carbons (Fsp3) is 0.348. The van der Waals surface area contributed by atoms with Crippen LogP contribution in [0.3, 0.4) is 0 Å². The molecule has 2 aromatic rings. The fourth-order valence-corrected chi connectivity index (χ4v) is 4.46. The van der Waals surface area contributed by atoms with E-state index in [2.05, 4.69) is 15.1 Å². The molecule has 0 unspecified atom stereocenters. The van der Waals surface area contributed by atoms with Gasteiger partial charge in [0.15, 0.2) is 5.84 Å². The molecule has 0 bridgehead atoms. The second kappa shape index (κ2) is 7.98. The van der Waals surface area contributed by atoms with Crippen molar-refractivity contribution in [2.75, 3.05) is 36.4 Å². The number of allylic oxidation sites excluding steroid dienone is 1. The van der Waals surface area contributed by atoms with Crippen LogP contribution < -0.4 is 16.0 Å². The largest absolute Gasteiger partial charge is 0.400 e. The molecular weight excluding hydrogens is 410 g/mol. The SMILES string of the molecule is C/C(N)=C1\N=C(c2ccccc2Cl)c2cnc(N3CCN(C4CC4)CC3)cc2NC1=N. The van der Waals surface area contributed by atoms with Gasteiger partial charge in [-0.25, -0.2) is 9.98 Å². The number of benzene rings is 1. The number of aliphatic imine (C=N–C) groups is 1. The monoisotopic (exact) mass is 435 g/mol. The highest BCUT2D eigenvalue weighted by Gasteiger charge is 2.32. The maximum Gasteiger partial charge on any atom is 0.150 e. The van der Waals surface area contributed by atoms with Crippen LogP contribution in [0.1, 0.15) is 30.9 Å². The number of halogens is 1. The maximum absolute atomic E-state index is 8.52. The highest BCUT2D eigenvalue weighted by atomic mass is 35.5. The third-order valence-corrected chi connectivity index (χ3v) is 6.40. The first-order valence-electron chi connectivity index (χ1n) is 10.7. The maximum atomic E-state index is 8.52. The summed E-state index contributed by atoms with van der Waals surface area (Å²) in [6, 6.07) is 10.4. The zero-order chi connectivity index (χ0) is 21.5. The summed E-state index contributed by atoms with van der Waals surface area (Å²) < 4.78 is 0. The number of nitrogens with one attached hydrogen (secondary N) is 2. The van der Waals surface area contributed by atoms with Gasteiger partial charge in [-0.05, 0) is 25.8 Å². The van der Waals surface area contributed by atoms with E-state index in [1.807, 2.05) is 36.5 Å². The first-order chi connectivity index (χ1) is 15.0. The highest BCUT2D eigenvalue weighted by Crippen LogP contribution is 2.32. The molecule has 5 rings (SSSR count). The molecule has 1 aromatic heterocycles. The number of rotatable bonds is 3. The molecule has 0 radical (unpaired) electrons. The van der Waals surface area contributed by atoms with Gasteiger partial charge in [0.1, 0.15) is 11.5 Å². The lowest BCUT2D eigenvalue weighted by atomic mass is 10.0. The molecule has 1 aliphatic carbocycles. The van der Waals surface area contributed by atoms with Gasteiger partial charge >= 0.3 is 0 Å². The standard InChI is InChI=1S/C23H26ClN7/c1-14(25)21-23(26)28-19-12-20(31-10-8-30(9-11-31)15-6-7-15)27-13-17(19)22(29-21)16-4-2-3-5-18(16)24/h2-5,12-13,15H,6-11,25H2,1H3,(H2,26,28)/b21-14+. The number of aromatic nitrogens is 1. The van der Waals surface area contributed by atoms with Gasteiger partial charge in [-0.15, -0.1) is 0 Å². The Balaban J connectivity index is 1.53. The Labute approximate surface area is 187 Å². The third kappa shape index (κ3) is 3.91. The minimum atomic E-state index is 0.166. The number of hydrogen-bond acceptors (Lipinski definition) is 6. The van der Waals surface area contributed by atoms with E-state index >= 15 is 0 Å². The number of piperazine rings is 1. The molecule has 1 saturated carbocycles. The summed E-state index contributed by atoms with van der Waals surface area (Å²) >= 11 is 6.50. The van der Waals surface area contributed by atoms with Gasteiger partial charge in [0.05, 0.1) is 11.4 Å². The van der Waals surface area contributed by atoms with Crippen molar-refractivity contribution < 1.29 is 0 Å². The van der Waals surface area contributed by atoms with Crippen molar-refractivity contribution >= 4 is 34.7 Å². The summed E-state index contributed by atoms with van der Waals surface area (Å²) in [4.78, 5) is 14.4. The van der Waals surface area contributed by atoms with Gasteiger partial charge in [-0.1, -0.05) is 29.8 Å². The van der Waals surface area contributed by atoms with Crippen molar-refractivity contribution in [1.29, 1.82) is 5.41 Å². The molecule has 0 amide bonds. The second-order valence-electron chi connectivity index (χ2n) is 8.31. The summed E-state index contributed by atoms with van der Waals surface area (Å²) in [5.41, 5.74) is 9.97. The Morgan fingerprint density at radius 1 is 1.16 bits per heavy atom. The molecule has 1 saturated heterocycles. The van der Waals surface area contributed by atoms with E-state index in [9.17, 15) is 0 Å². The zero-order valence-electron chi connectivity index (χ0n) is 17.5. The number of pyridine rings is 1. The van der Waals surface area contributed by atoms with E-state index in [0.29, 0.717) is 22.1 Å². The third-order valence-electron chi connectivity index (χ3n) is 6.07. The second-order valence-corrected chi connectivity index (χ2v) is 8.72. The molecule has 31 heavy (non-hydrogen) atoms. The normalized spacial score (nSPS) is 21.2. The van der Waals surface area contributed by atoms with Gasteiger partial charge in [-0.3, -0.25) is 10.3 Å². The van der Waals surface area contributed by atoms with Crippen molar-refractivity contribution in [3.63, 3.8) is 0 Å². The summed E-state index contributed by atoms with van der Waals surface area (Å²) in [5.74, 6) is 1.07. The Morgan fingerprint density at radius 2 is 1.90 bits per heavy atom. The molecule has 160 valence electrons. The zero-order valence-corrected chi connectivity index (χ0v) is 18.3. The number of hydrogen-bond donors (Lipinski definition) is 3. The van der Waals surface area contributed by atoms with Crippen LogP contribution in [0.2, 0.25) is 5.02 Å². The minimum absolute atomic E-state index is 0.166. The van der Waals surface area contributed by atoms with E-state index in [-0.39, 0.29) is 5.84 Å². The Morgan fingerprint density at radius 3 is 2.58 bits per heavy atom. The van der Waals surface area contributed by atoms with Crippen molar-refractivity contribution in [3.8, 4) is 0 Å². The summed E-state index contributed by atoms with van der Waals surface area (Å²) in [7, 11) is 0. The average Bonchev–Trinajstić information content (AvgIpc) is 3.61. The fourth-order valence-electron chi connectivity index (χ4n) is 4.23. The van der Waals surface area contributed by atoms with Crippen molar-refractivity contribution in [1.82, 2.24) is 9.88 Å². The van der Waals surface area contributed by atoms with Crippen molar-refractivity contribution in [2.24, 2.45) is 10.7 Å². The van der Waals surface area contributed by atoms with Crippen LogP contribution in [0, 0.1) is 5.41 Å². The lowest BCUT2D eigenvalue weighted by Gasteiger charge is -2.35. The van der Waals surface area contributed by atoms with Crippen molar-refractivity contribution in [3.05, 3.63) is 64.1 Å². The molecule has 0 spiro atoms. The van der Waals surface area contributed by atoms with E-state index in [4.69, 9.17) is 32.7 Å². The molecule has 1 aromatic carbocycles. The first kappa shape index (κ1) is 20.0. The number of nitrogens with two attached hydrogens (primary N) is 1. The molecular formula is C23H26ClN7. The van der Waals surface area contributed by atoms with Crippen LogP contribution in [0.4, 0.5) is 11.5 Å². The molecule has 0 atom stereocenters. The number of fused-ring (bicyclic) bond motifs is 1. The lowest BCUT2D eigenvalue weighted by molar-refractivity contribution is 0.247. The van der Waals surface area contributed by atoms with E-state index < -0.39 is 0 Å². The quantitative estimate of drug-likeness (QED) is 0.686. The van der Waals surface area contributed by atoms with Crippen LogP contribution >= 0.6 is 11.6 Å². The lowest BCUT2D eigenvalue weighted by Crippen LogP contribution is -2.47. The Bertz CT molecular complexity index is 1090. The van der Waals surface area contributed by atoms with Gasteiger partial charge in [0, 0.05) is 66.3 Å². The Kier molecular flexibility index (Phi) is 5.16. The van der Waals surface area contributed by atoms with E-state index in [1.165, 1.54) is 12.8 Å². The van der Waals surface area contributed by atoms with Crippen molar-refractivity contribution in [2.45, 2.75) is 25.8 Å². The Hall–Kier alpha value is -2.90. The van der Waals surface area contributed by atoms with E-state index in [0.717, 1.165) is 54.9 Å². The topological polar surface area (TPSA) is 93.6 Å². The molecule has 2 aliphatic heterocycles. The molecule has 3 heterocycles. The van der Waals surface area contributed by atoms with Crippen LogP contribution in [-0.2, 0) is 0 Å². The summed E-state index contributed by atoms with van der Waals surface area (Å²) in [6.07, 6.45) is 4.50. The summed E-state index contributed by atoms with van der Waals surface area (Å²) in [5, 5.41) is 12.3. The molecule has 7 nitrogen and oxygen atoms in total. The molecule has 2 fully saturated rings. The van der Waals surface area contributed by atoms with Crippen LogP contribution in [0.15, 0.2) is 52.9 Å². The number of amidine groups is 1. The molecule has 3 aliphatic rings. The van der Waals surface area contributed by atoms with Crippen LogP contribution in [0.25, 0.3) is 0 Å². The predicted octanol–water partition coefficient (Wildman–Crippen LogP) is 3.45. The number of nitrogens with zero attached hydrogens (tertiary/aromatic N) is 4. The smallest absolute Gasteiger partial charge is 0.150 e. The summed E-state index contributed by atoms with van der Waals surface area (Å²) in [6.45, 7) is 5.80. The minimum Gasteiger partial charge on any atom is -0.400 e. The molecule has 8 heteroatoms. The van der Waals surface area contributed by atoms with Gasteiger partial charge < -0.3 is 16.0 Å². The van der Waals surface area contributed by atoms with Gasteiger partial charge in [-0.2, -0.15) is 0 Å². The van der Waals surface area contributed by atoms with Crippen LogP contribution in [0.5, 0.6) is 0 Å². The predicted molar refractivity (Wildman–Crippen MR) is 126 cm³/mol. The highest BCUT2D eigenvalue weighted by molar-refractivity contribution is 6.36. The molecule has 4 N–H and O–H groups in total. The van der Waals surface area contributed by atoms with Gasteiger partial charge in [0.25, 0.3) is 0 Å². The average molecular weight is 436 g/mol. The van der Waals surface area contributed by atoms with E-state index in [1.54, 1.807) is 6.92 Å².